The number of hydrogen-bond donors (Lipinski definition) is 4. The molecule has 0 saturated carbocycles. The summed E-state index contributed by atoms with van der Waals surface area (Å²) in [7, 11) is 0. The van der Waals surface area contributed by atoms with Gasteiger partial charge in [-0.25, -0.2) is 4.79 Å². The van der Waals surface area contributed by atoms with E-state index in [1.54, 1.807) is 30.3 Å². The molecule has 0 radical (unpaired) electrons. The van der Waals surface area contributed by atoms with E-state index in [1.165, 1.54) is 23.1 Å². The van der Waals surface area contributed by atoms with Crippen molar-refractivity contribution in [2.45, 2.75) is 44.3 Å². The molecule has 10 nitrogen and oxygen atoms in total. The molecule has 0 aromatic heterocycles. The van der Waals surface area contributed by atoms with Gasteiger partial charge in [0, 0.05) is 43.6 Å². The zero-order valence-electron chi connectivity index (χ0n) is 23.0. The summed E-state index contributed by atoms with van der Waals surface area (Å²) in [5.41, 5.74) is 2.60. The Morgan fingerprint density at radius 2 is 1.58 bits per heavy atom. The Kier molecular flexibility index (Phi) is 10.7. The van der Waals surface area contributed by atoms with Crippen LogP contribution in [0.5, 0.6) is 0 Å². The lowest BCUT2D eigenvalue weighted by molar-refractivity contribution is -0.142. The number of rotatable bonds is 11. The number of Topliss-reactive ketones (excluding diaryl/α,β-unsaturated/α-hetero) is 1. The van der Waals surface area contributed by atoms with Crippen molar-refractivity contribution in [2.75, 3.05) is 11.9 Å². The van der Waals surface area contributed by atoms with E-state index in [0.29, 0.717) is 16.3 Å². The van der Waals surface area contributed by atoms with Crippen LogP contribution in [0.15, 0.2) is 72.8 Å². The van der Waals surface area contributed by atoms with E-state index >= 15 is 0 Å². The Morgan fingerprint density at radius 3 is 2.28 bits per heavy atom. The van der Waals surface area contributed by atoms with Gasteiger partial charge in [-0.15, -0.1) is 0 Å². The molecule has 224 valence electrons. The Balaban J connectivity index is 1.51. The Morgan fingerprint density at radius 1 is 0.884 bits per heavy atom. The predicted octanol–water partition coefficient (Wildman–Crippen LogP) is 4.69. The molecule has 4 N–H and O–H groups in total. The van der Waals surface area contributed by atoms with Crippen molar-refractivity contribution in [3.05, 3.63) is 99.5 Å². The first-order valence-corrected chi connectivity index (χ1v) is 14.4. The third-order valence-corrected chi connectivity index (χ3v) is 7.80. The number of nitrogens with zero attached hydrogens (tertiary/aromatic N) is 1. The van der Waals surface area contributed by atoms with Crippen LogP contribution in [0.1, 0.15) is 40.7 Å². The van der Waals surface area contributed by atoms with Gasteiger partial charge in [0.25, 0.3) is 0 Å². The third kappa shape index (κ3) is 8.56. The van der Waals surface area contributed by atoms with Crippen LogP contribution in [0.4, 0.5) is 10.5 Å². The minimum absolute atomic E-state index is 0.0229. The molecule has 0 aliphatic carbocycles. The third-order valence-electron chi connectivity index (χ3n) is 7.06. The van der Waals surface area contributed by atoms with Crippen molar-refractivity contribution in [1.29, 1.82) is 0 Å². The zero-order chi connectivity index (χ0) is 30.9. The molecule has 1 aliphatic heterocycles. The molecule has 3 aromatic rings. The molecule has 4 amide bonds. The minimum atomic E-state index is -1.28. The molecule has 1 heterocycles. The maximum atomic E-state index is 13.7. The maximum Gasteiger partial charge on any atom is 0.404 e. The van der Waals surface area contributed by atoms with Gasteiger partial charge in [-0.3, -0.25) is 19.2 Å². The molecular formula is C31H30Cl2N4O6. The number of benzene rings is 3. The van der Waals surface area contributed by atoms with E-state index < -0.39 is 30.0 Å². The lowest BCUT2D eigenvalue weighted by Gasteiger charge is -2.36. The van der Waals surface area contributed by atoms with Gasteiger partial charge in [0.05, 0.1) is 10.0 Å². The Bertz CT molecular complexity index is 1520. The first-order valence-electron chi connectivity index (χ1n) is 13.6. The fourth-order valence-corrected chi connectivity index (χ4v) is 5.11. The van der Waals surface area contributed by atoms with Crippen molar-refractivity contribution in [3.63, 3.8) is 0 Å². The number of carbonyl (C=O) groups excluding carboxylic acids is 4. The standard InChI is InChI=1S/C31H30Cl2N4O6/c32-23-11-10-22(17-24(23)33)35-29(40)25(14-15-34-31(42)43)36-30(41)26-16-20-8-4-5-9-21(20)18-37(26)28(39)13-12-27(38)19-6-2-1-3-7-19/h1-11,17,25-26,34H,12-16,18H2,(H,35,40)(H,36,41)(H,42,43)/t25-,26-/m0/s1. The van der Waals surface area contributed by atoms with Gasteiger partial charge >= 0.3 is 6.09 Å². The number of fused-ring (bicyclic) bond motifs is 1. The van der Waals surface area contributed by atoms with Gasteiger partial charge in [0.15, 0.2) is 5.78 Å². The van der Waals surface area contributed by atoms with Crippen LogP contribution in [-0.4, -0.2) is 58.2 Å². The number of nitrogens with one attached hydrogen (secondary N) is 3. The van der Waals surface area contributed by atoms with Crippen molar-refractivity contribution >= 4 is 58.5 Å². The number of ketones is 1. The largest absolute Gasteiger partial charge is 0.465 e. The molecule has 0 spiro atoms. The number of amides is 4. The summed E-state index contributed by atoms with van der Waals surface area (Å²) in [6.07, 6.45) is -1.25. The number of carbonyl (C=O) groups is 5. The van der Waals surface area contributed by atoms with Gasteiger partial charge in [0.1, 0.15) is 12.1 Å². The number of carboxylic acid groups (broad SMARTS) is 1. The molecule has 0 fully saturated rings. The highest BCUT2D eigenvalue weighted by molar-refractivity contribution is 6.42. The fourth-order valence-electron chi connectivity index (χ4n) is 4.82. The number of hydrogen-bond acceptors (Lipinski definition) is 5. The SMILES string of the molecule is O=C(O)NCC[C@H](NC(=O)[C@@H]1Cc2ccccc2CN1C(=O)CCC(=O)c1ccccc1)C(=O)Nc1ccc(Cl)c(Cl)c1. The second-order valence-electron chi connectivity index (χ2n) is 10.00. The van der Waals surface area contributed by atoms with Crippen LogP contribution in [-0.2, 0) is 27.3 Å². The van der Waals surface area contributed by atoms with E-state index in [9.17, 15) is 24.0 Å². The van der Waals surface area contributed by atoms with Crippen molar-refractivity contribution in [1.82, 2.24) is 15.5 Å². The first-order chi connectivity index (χ1) is 20.6. The van der Waals surface area contributed by atoms with Gasteiger partial charge in [-0.2, -0.15) is 0 Å². The molecule has 3 aromatic carbocycles. The molecule has 0 unspecified atom stereocenters. The highest BCUT2D eigenvalue weighted by atomic mass is 35.5. The average Bonchev–Trinajstić information content (AvgIpc) is 3.00. The van der Waals surface area contributed by atoms with Crippen LogP contribution in [0.25, 0.3) is 0 Å². The van der Waals surface area contributed by atoms with E-state index in [4.69, 9.17) is 28.3 Å². The Hall–Kier alpha value is -4.41. The highest BCUT2D eigenvalue weighted by Crippen LogP contribution is 2.26. The molecular weight excluding hydrogens is 595 g/mol. The van der Waals surface area contributed by atoms with Gasteiger partial charge in [0.2, 0.25) is 17.7 Å². The lowest BCUT2D eigenvalue weighted by Crippen LogP contribution is -2.56. The summed E-state index contributed by atoms with van der Waals surface area (Å²) < 4.78 is 0. The van der Waals surface area contributed by atoms with Gasteiger partial charge in [-0.1, -0.05) is 77.8 Å². The molecule has 1 aliphatic rings. The summed E-state index contributed by atoms with van der Waals surface area (Å²) in [5, 5.41) is 17.1. The summed E-state index contributed by atoms with van der Waals surface area (Å²) in [6, 6.07) is 18.5. The molecule has 0 bridgehead atoms. The van der Waals surface area contributed by atoms with Crippen LogP contribution in [0.3, 0.4) is 0 Å². The summed E-state index contributed by atoms with van der Waals surface area (Å²) in [6.45, 7) is 0.0418. The van der Waals surface area contributed by atoms with Crippen LogP contribution < -0.4 is 16.0 Å². The van der Waals surface area contributed by atoms with Crippen molar-refractivity contribution in [3.8, 4) is 0 Å². The van der Waals surface area contributed by atoms with E-state index in [2.05, 4.69) is 16.0 Å². The zero-order valence-corrected chi connectivity index (χ0v) is 24.5. The molecule has 4 rings (SSSR count). The molecule has 12 heteroatoms. The van der Waals surface area contributed by atoms with E-state index in [-0.39, 0.29) is 55.5 Å². The van der Waals surface area contributed by atoms with Crippen LogP contribution >= 0.6 is 23.2 Å². The van der Waals surface area contributed by atoms with E-state index in [1.807, 2.05) is 24.3 Å². The predicted molar refractivity (Wildman–Crippen MR) is 162 cm³/mol. The van der Waals surface area contributed by atoms with Crippen molar-refractivity contribution < 1.29 is 29.1 Å². The number of anilines is 1. The lowest BCUT2D eigenvalue weighted by atomic mass is 9.92. The quantitative estimate of drug-likeness (QED) is 0.228. The van der Waals surface area contributed by atoms with Gasteiger partial charge in [-0.05, 0) is 35.7 Å². The second-order valence-corrected chi connectivity index (χ2v) is 10.8. The Labute approximate surface area is 258 Å². The molecule has 0 saturated heterocycles. The van der Waals surface area contributed by atoms with Gasteiger partial charge < -0.3 is 26.0 Å². The smallest absolute Gasteiger partial charge is 0.404 e. The normalized spacial score (nSPS) is 14.7. The summed E-state index contributed by atoms with van der Waals surface area (Å²) >= 11 is 12.0. The average molecular weight is 626 g/mol. The second kappa shape index (κ2) is 14.7. The molecule has 2 atom stereocenters. The van der Waals surface area contributed by atoms with Crippen LogP contribution in [0, 0.1) is 0 Å². The topological polar surface area (TPSA) is 145 Å². The molecule has 43 heavy (non-hydrogen) atoms. The summed E-state index contributed by atoms with van der Waals surface area (Å²) in [5.74, 6) is -1.75. The maximum absolute atomic E-state index is 13.7. The monoisotopic (exact) mass is 624 g/mol. The highest BCUT2D eigenvalue weighted by Gasteiger charge is 2.36. The number of halogens is 2. The minimum Gasteiger partial charge on any atom is -0.465 e. The summed E-state index contributed by atoms with van der Waals surface area (Å²) in [4.78, 5) is 65.5. The fraction of sp³-hybridized carbons (Fsp3) is 0.258. The van der Waals surface area contributed by atoms with Crippen LogP contribution in [0.2, 0.25) is 10.0 Å². The van der Waals surface area contributed by atoms with Crippen molar-refractivity contribution in [2.24, 2.45) is 0 Å². The van der Waals surface area contributed by atoms with E-state index in [0.717, 1.165) is 11.1 Å². The first kappa shape index (κ1) is 31.5.